The van der Waals surface area contributed by atoms with Crippen LogP contribution in [0.3, 0.4) is 0 Å². The summed E-state index contributed by atoms with van der Waals surface area (Å²) in [5, 5.41) is 0. The molecule has 0 aliphatic rings. The molecule has 1 aromatic rings. The number of benzene rings is 1. The predicted octanol–water partition coefficient (Wildman–Crippen LogP) is 2.64. The standard InChI is InChI=1S/C8H6Br2Se/c9-5-6-11-8-3-1-7(10)2-4-8/h1-6H/b6-5+. The van der Waals surface area contributed by atoms with Crippen LogP contribution in [0.2, 0.25) is 0 Å². The Labute approximate surface area is 89.5 Å². The summed E-state index contributed by atoms with van der Waals surface area (Å²) < 4.78 is 2.52. The molecular formula is C8H6Br2Se. The molecule has 0 spiro atoms. The predicted molar refractivity (Wildman–Crippen MR) is 57.6 cm³/mol. The molecule has 1 aromatic carbocycles. The molecule has 0 N–H and O–H groups in total. The first-order chi connectivity index (χ1) is 5.33. The summed E-state index contributed by atoms with van der Waals surface area (Å²) in [6, 6.07) is 8.41. The Kier molecular flexibility index (Phi) is 4.46. The van der Waals surface area contributed by atoms with Crippen molar-refractivity contribution in [3.05, 3.63) is 38.7 Å². The van der Waals surface area contributed by atoms with E-state index in [1.165, 1.54) is 4.46 Å². The van der Waals surface area contributed by atoms with Crippen LogP contribution in [0.4, 0.5) is 0 Å². The van der Waals surface area contributed by atoms with Crippen LogP contribution in [0.15, 0.2) is 38.7 Å². The van der Waals surface area contributed by atoms with Crippen LogP contribution in [-0.2, 0) is 0 Å². The zero-order valence-electron chi connectivity index (χ0n) is 5.63. The summed E-state index contributed by atoms with van der Waals surface area (Å²) in [7, 11) is 0. The fraction of sp³-hybridized carbons (Fsp3) is 0. The third-order valence-corrected chi connectivity index (χ3v) is 4.36. The van der Waals surface area contributed by atoms with Crippen molar-refractivity contribution in [2.45, 2.75) is 0 Å². The van der Waals surface area contributed by atoms with Gasteiger partial charge in [0.1, 0.15) is 0 Å². The molecular weight excluding hydrogens is 335 g/mol. The van der Waals surface area contributed by atoms with E-state index < -0.39 is 0 Å². The normalized spacial score (nSPS) is 10.7. The molecule has 3 heteroatoms. The molecule has 11 heavy (non-hydrogen) atoms. The molecule has 0 saturated heterocycles. The van der Waals surface area contributed by atoms with Gasteiger partial charge in [0.05, 0.1) is 0 Å². The van der Waals surface area contributed by atoms with Crippen molar-refractivity contribution in [2.24, 2.45) is 0 Å². The third-order valence-electron chi connectivity index (χ3n) is 1.07. The summed E-state index contributed by atoms with van der Waals surface area (Å²) >= 11 is 7.10. The first-order valence-corrected chi connectivity index (χ1v) is 6.56. The molecule has 58 valence electrons. The maximum absolute atomic E-state index is 3.39. The van der Waals surface area contributed by atoms with Gasteiger partial charge < -0.3 is 0 Å². The van der Waals surface area contributed by atoms with E-state index in [4.69, 9.17) is 0 Å². The zero-order valence-corrected chi connectivity index (χ0v) is 10.5. The summed E-state index contributed by atoms with van der Waals surface area (Å²) in [4.78, 5) is 4.05. The van der Waals surface area contributed by atoms with Crippen LogP contribution >= 0.6 is 31.9 Å². The van der Waals surface area contributed by atoms with Crippen LogP contribution in [0.25, 0.3) is 0 Å². The number of halogens is 2. The second kappa shape index (κ2) is 5.15. The number of hydrogen-bond acceptors (Lipinski definition) is 0. The van der Waals surface area contributed by atoms with Gasteiger partial charge in [0.25, 0.3) is 0 Å². The van der Waals surface area contributed by atoms with Crippen molar-refractivity contribution < 1.29 is 0 Å². The van der Waals surface area contributed by atoms with Crippen molar-refractivity contribution in [3.63, 3.8) is 0 Å². The van der Waals surface area contributed by atoms with Gasteiger partial charge in [-0.1, -0.05) is 0 Å². The third kappa shape index (κ3) is 3.57. The Balaban J connectivity index is 2.66. The Bertz CT molecular complexity index is 241. The minimum atomic E-state index is 0.462. The van der Waals surface area contributed by atoms with Crippen LogP contribution in [0, 0.1) is 0 Å². The minimum absolute atomic E-state index is 0.462. The fourth-order valence-electron chi connectivity index (χ4n) is 0.617. The van der Waals surface area contributed by atoms with E-state index in [9.17, 15) is 0 Å². The quantitative estimate of drug-likeness (QED) is 0.726. The Hall–Kier alpha value is 0.439. The van der Waals surface area contributed by atoms with E-state index in [1.807, 2.05) is 4.99 Å². The first kappa shape index (κ1) is 9.53. The van der Waals surface area contributed by atoms with Gasteiger partial charge in [0, 0.05) is 0 Å². The summed E-state index contributed by atoms with van der Waals surface area (Å²) in [6.07, 6.45) is 0. The molecule has 0 atom stereocenters. The van der Waals surface area contributed by atoms with Gasteiger partial charge in [-0.25, -0.2) is 0 Å². The topological polar surface area (TPSA) is 0 Å². The van der Waals surface area contributed by atoms with Crippen LogP contribution < -0.4 is 4.46 Å². The van der Waals surface area contributed by atoms with Gasteiger partial charge in [-0.05, 0) is 0 Å². The molecule has 0 bridgehead atoms. The van der Waals surface area contributed by atoms with Gasteiger partial charge in [-0.2, -0.15) is 0 Å². The van der Waals surface area contributed by atoms with Crippen LogP contribution in [-0.4, -0.2) is 15.0 Å². The van der Waals surface area contributed by atoms with Crippen LogP contribution in [0.1, 0.15) is 0 Å². The Morgan fingerprint density at radius 2 is 1.82 bits per heavy atom. The maximum atomic E-state index is 3.39. The van der Waals surface area contributed by atoms with E-state index >= 15 is 0 Å². The van der Waals surface area contributed by atoms with Gasteiger partial charge in [0.15, 0.2) is 0 Å². The summed E-state index contributed by atoms with van der Waals surface area (Å²) in [5.74, 6) is 0. The van der Waals surface area contributed by atoms with E-state index in [1.54, 1.807) is 0 Å². The van der Waals surface area contributed by atoms with Gasteiger partial charge in [0.2, 0.25) is 0 Å². The van der Waals surface area contributed by atoms with Crippen molar-refractivity contribution >= 4 is 51.3 Å². The Morgan fingerprint density at radius 1 is 1.18 bits per heavy atom. The number of rotatable bonds is 2. The molecule has 0 aromatic heterocycles. The second-order valence-electron chi connectivity index (χ2n) is 1.83. The Morgan fingerprint density at radius 3 is 2.36 bits per heavy atom. The molecule has 0 fully saturated rings. The summed E-state index contributed by atoms with van der Waals surface area (Å²) in [5.41, 5.74) is 0. The van der Waals surface area contributed by atoms with Crippen molar-refractivity contribution in [2.75, 3.05) is 0 Å². The molecule has 0 aliphatic heterocycles. The monoisotopic (exact) mass is 340 g/mol. The van der Waals surface area contributed by atoms with Crippen molar-refractivity contribution in [1.82, 2.24) is 0 Å². The molecule has 0 radical (unpaired) electrons. The molecule has 0 amide bonds. The number of hydrogen-bond donors (Lipinski definition) is 0. The fourth-order valence-corrected chi connectivity index (χ4v) is 2.50. The van der Waals surface area contributed by atoms with Crippen molar-refractivity contribution in [1.29, 1.82) is 0 Å². The second-order valence-corrected chi connectivity index (χ2v) is 5.33. The zero-order chi connectivity index (χ0) is 8.10. The molecule has 0 aliphatic carbocycles. The van der Waals surface area contributed by atoms with Gasteiger partial charge >= 0.3 is 90.0 Å². The van der Waals surface area contributed by atoms with Gasteiger partial charge in [-0.15, -0.1) is 0 Å². The molecule has 1 rings (SSSR count). The molecule has 0 nitrogen and oxygen atoms in total. The SMILES string of the molecule is Br/C=C/[Se]c1ccc(Br)cc1. The van der Waals surface area contributed by atoms with E-state index in [2.05, 4.69) is 61.1 Å². The molecule has 0 heterocycles. The van der Waals surface area contributed by atoms with Gasteiger partial charge in [-0.3, -0.25) is 0 Å². The molecule has 0 unspecified atom stereocenters. The van der Waals surface area contributed by atoms with E-state index in [0.29, 0.717) is 15.0 Å². The summed E-state index contributed by atoms with van der Waals surface area (Å²) in [6.45, 7) is 0. The first-order valence-electron chi connectivity index (χ1n) is 3.00. The van der Waals surface area contributed by atoms with Crippen LogP contribution in [0.5, 0.6) is 0 Å². The molecule has 0 saturated carbocycles. The van der Waals surface area contributed by atoms with E-state index in [0.717, 1.165) is 4.47 Å². The average molecular weight is 341 g/mol. The average Bonchev–Trinajstić information content (AvgIpc) is 2.04. The van der Waals surface area contributed by atoms with Crippen molar-refractivity contribution in [3.8, 4) is 0 Å². The van der Waals surface area contributed by atoms with E-state index in [-0.39, 0.29) is 0 Å².